The maximum absolute atomic E-state index is 13.8. The number of imidazole rings is 1. The second-order valence-corrected chi connectivity index (χ2v) is 5.00. The molecular formula is C13H10BrFN4. The van der Waals surface area contributed by atoms with Gasteiger partial charge in [0.1, 0.15) is 5.82 Å². The van der Waals surface area contributed by atoms with Gasteiger partial charge >= 0.3 is 0 Å². The van der Waals surface area contributed by atoms with Gasteiger partial charge in [-0.2, -0.15) is 5.10 Å². The second kappa shape index (κ2) is 4.71. The first-order valence-electron chi connectivity index (χ1n) is 5.68. The van der Waals surface area contributed by atoms with E-state index in [1.165, 1.54) is 6.07 Å². The molecule has 0 spiro atoms. The van der Waals surface area contributed by atoms with Crippen molar-refractivity contribution in [3.05, 3.63) is 52.5 Å². The summed E-state index contributed by atoms with van der Waals surface area (Å²) in [6, 6.07) is 8.30. The summed E-state index contributed by atoms with van der Waals surface area (Å²) < 4.78 is 16.2. The molecule has 19 heavy (non-hydrogen) atoms. The molecule has 0 saturated carbocycles. The van der Waals surface area contributed by atoms with Crippen LogP contribution in [0.3, 0.4) is 0 Å². The minimum absolute atomic E-state index is 0.311. The smallest absolute Gasteiger partial charge is 0.153 e. The SMILES string of the molecule is NCc1cn2nc(-c3cc(Br)ccc3F)ccc2n1. The fourth-order valence-corrected chi connectivity index (χ4v) is 2.23. The Morgan fingerprint density at radius 3 is 2.89 bits per heavy atom. The van der Waals surface area contributed by atoms with Crippen molar-refractivity contribution in [1.82, 2.24) is 14.6 Å². The third kappa shape index (κ3) is 2.24. The third-order valence-corrected chi connectivity index (χ3v) is 3.28. The summed E-state index contributed by atoms with van der Waals surface area (Å²) in [5, 5.41) is 4.35. The Hall–Kier alpha value is -1.79. The third-order valence-electron chi connectivity index (χ3n) is 2.78. The van der Waals surface area contributed by atoms with Crippen molar-refractivity contribution in [2.45, 2.75) is 6.54 Å². The lowest BCUT2D eigenvalue weighted by molar-refractivity contribution is 0.630. The van der Waals surface area contributed by atoms with Crippen LogP contribution in [0.5, 0.6) is 0 Å². The standard InChI is InChI=1S/C13H10BrFN4/c14-8-1-2-11(15)10(5-8)12-3-4-13-17-9(6-16)7-19(13)18-12/h1-5,7H,6,16H2. The molecule has 0 aliphatic heterocycles. The Morgan fingerprint density at radius 2 is 2.11 bits per heavy atom. The van der Waals surface area contributed by atoms with E-state index >= 15 is 0 Å². The molecule has 2 aromatic heterocycles. The van der Waals surface area contributed by atoms with Gasteiger partial charge in [-0.3, -0.25) is 0 Å². The molecule has 0 bridgehead atoms. The van der Waals surface area contributed by atoms with Crippen molar-refractivity contribution in [3.8, 4) is 11.3 Å². The topological polar surface area (TPSA) is 56.2 Å². The zero-order valence-corrected chi connectivity index (χ0v) is 11.4. The van der Waals surface area contributed by atoms with Crippen molar-refractivity contribution in [2.24, 2.45) is 5.73 Å². The van der Waals surface area contributed by atoms with Gasteiger partial charge in [0.25, 0.3) is 0 Å². The molecule has 0 aliphatic carbocycles. The molecule has 4 nitrogen and oxygen atoms in total. The summed E-state index contributed by atoms with van der Waals surface area (Å²) in [6.07, 6.45) is 1.74. The Balaban J connectivity index is 2.16. The first-order chi connectivity index (χ1) is 9.17. The number of benzene rings is 1. The van der Waals surface area contributed by atoms with Gasteiger partial charge in [0.05, 0.1) is 17.6 Å². The van der Waals surface area contributed by atoms with Crippen LogP contribution in [0.25, 0.3) is 16.9 Å². The van der Waals surface area contributed by atoms with E-state index in [-0.39, 0.29) is 5.82 Å². The molecule has 0 amide bonds. The Morgan fingerprint density at radius 1 is 1.26 bits per heavy atom. The van der Waals surface area contributed by atoms with Gasteiger partial charge < -0.3 is 5.73 Å². The fourth-order valence-electron chi connectivity index (χ4n) is 1.87. The van der Waals surface area contributed by atoms with Gasteiger partial charge in [0.2, 0.25) is 0 Å². The van der Waals surface area contributed by atoms with Crippen molar-refractivity contribution >= 4 is 21.6 Å². The van der Waals surface area contributed by atoms with Crippen LogP contribution in [-0.2, 0) is 6.54 Å². The monoisotopic (exact) mass is 320 g/mol. The van der Waals surface area contributed by atoms with Crippen molar-refractivity contribution in [2.75, 3.05) is 0 Å². The summed E-state index contributed by atoms with van der Waals surface area (Å²) in [4.78, 5) is 4.28. The first kappa shape index (κ1) is 12.3. The molecule has 1 aromatic carbocycles. The molecule has 0 aliphatic rings. The first-order valence-corrected chi connectivity index (χ1v) is 6.47. The van der Waals surface area contributed by atoms with Crippen LogP contribution in [0.2, 0.25) is 0 Å². The highest BCUT2D eigenvalue weighted by molar-refractivity contribution is 9.10. The van der Waals surface area contributed by atoms with Gasteiger partial charge in [-0.05, 0) is 30.3 Å². The van der Waals surface area contributed by atoms with Gasteiger partial charge in [-0.15, -0.1) is 0 Å². The van der Waals surface area contributed by atoms with E-state index in [0.717, 1.165) is 10.2 Å². The average Bonchev–Trinajstić information content (AvgIpc) is 2.83. The highest BCUT2D eigenvalue weighted by Gasteiger charge is 2.09. The van der Waals surface area contributed by atoms with E-state index in [0.29, 0.717) is 23.4 Å². The van der Waals surface area contributed by atoms with Crippen LogP contribution in [-0.4, -0.2) is 14.6 Å². The molecule has 6 heteroatoms. The van der Waals surface area contributed by atoms with Gasteiger partial charge in [0.15, 0.2) is 5.65 Å². The zero-order chi connectivity index (χ0) is 13.4. The maximum atomic E-state index is 13.8. The lowest BCUT2D eigenvalue weighted by atomic mass is 10.1. The second-order valence-electron chi connectivity index (χ2n) is 4.08. The molecule has 0 atom stereocenters. The van der Waals surface area contributed by atoms with Crippen LogP contribution in [0, 0.1) is 5.82 Å². The molecule has 2 N–H and O–H groups in total. The van der Waals surface area contributed by atoms with E-state index in [1.54, 1.807) is 35.0 Å². The van der Waals surface area contributed by atoms with E-state index in [4.69, 9.17) is 5.73 Å². The summed E-state index contributed by atoms with van der Waals surface area (Å²) in [7, 11) is 0. The molecule has 3 rings (SSSR count). The Labute approximate surface area is 117 Å². The maximum Gasteiger partial charge on any atom is 0.153 e. The zero-order valence-electron chi connectivity index (χ0n) is 9.85. The number of halogens is 2. The van der Waals surface area contributed by atoms with Crippen molar-refractivity contribution in [3.63, 3.8) is 0 Å². The number of hydrogen-bond acceptors (Lipinski definition) is 3. The average molecular weight is 321 g/mol. The number of aromatic nitrogens is 3. The number of nitrogens with two attached hydrogens (primary N) is 1. The highest BCUT2D eigenvalue weighted by Crippen LogP contribution is 2.24. The van der Waals surface area contributed by atoms with Gasteiger partial charge in [0, 0.05) is 16.6 Å². The van der Waals surface area contributed by atoms with E-state index in [9.17, 15) is 4.39 Å². The molecule has 2 heterocycles. The normalized spacial score (nSPS) is 11.1. The highest BCUT2D eigenvalue weighted by atomic mass is 79.9. The molecule has 0 radical (unpaired) electrons. The Bertz CT molecular complexity index is 753. The van der Waals surface area contributed by atoms with Crippen LogP contribution in [0.15, 0.2) is 41.0 Å². The van der Waals surface area contributed by atoms with E-state index < -0.39 is 0 Å². The quantitative estimate of drug-likeness (QED) is 0.790. The number of nitrogens with zero attached hydrogens (tertiary/aromatic N) is 3. The lowest BCUT2D eigenvalue weighted by Gasteiger charge is -2.03. The van der Waals surface area contributed by atoms with Gasteiger partial charge in [-0.25, -0.2) is 13.9 Å². The number of rotatable bonds is 2. The van der Waals surface area contributed by atoms with Crippen LogP contribution in [0.4, 0.5) is 4.39 Å². The molecule has 0 unspecified atom stereocenters. The minimum Gasteiger partial charge on any atom is -0.325 e. The molecule has 0 saturated heterocycles. The Kier molecular flexibility index (Phi) is 3.04. The molecule has 0 fully saturated rings. The summed E-state index contributed by atoms with van der Waals surface area (Å²) in [5.41, 5.74) is 7.97. The van der Waals surface area contributed by atoms with E-state index in [1.807, 2.05) is 0 Å². The summed E-state index contributed by atoms with van der Waals surface area (Å²) >= 11 is 3.33. The predicted molar refractivity (Wildman–Crippen MR) is 74.0 cm³/mol. The van der Waals surface area contributed by atoms with Crippen molar-refractivity contribution < 1.29 is 4.39 Å². The summed E-state index contributed by atoms with van der Waals surface area (Å²) in [6.45, 7) is 0.351. The van der Waals surface area contributed by atoms with E-state index in [2.05, 4.69) is 26.0 Å². The van der Waals surface area contributed by atoms with Crippen molar-refractivity contribution in [1.29, 1.82) is 0 Å². The fraction of sp³-hybridized carbons (Fsp3) is 0.0769. The number of fused-ring (bicyclic) bond motifs is 1. The number of hydrogen-bond donors (Lipinski definition) is 1. The predicted octanol–water partition coefficient (Wildman–Crippen LogP) is 2.76. The lowest BCUT2D eigenvalue weighted by Crippen LogP contribution is -1.96. The van der Waals surface area contributed by atoms with Crippen LogP contribution < -0.4 is 5.73 Å². The molecule has 3 aromatic rings. The largest absolute Gasteiger partial charge is 0.325 e. The van der Waals surface area contributed by atoms with Crippen LogP contribution >= 0.6 is 15.9 Å². The van der Waals surface area contributed by atoms with Crippen LogP contribution in [0.1, 0.15) is 5.69 Å². The summed E-state index contributed by atoms with van der Waals surface area (Å²) in [5.74, 6) is -0.311. The molecular weight excluding hydrogens is 311 g/mol. The molecule has 96 valence electrons. The minimum atomic E-state index is -0.311. The van der Waals surface area contributed by atoms with Gasteiger partial charge in [-0.1, -0.05) is 15.9 Å².